The fourth-order valence-corrected chi connectivity index (χ4v) is 5.42. The van der Waals surface area contributed by atoms with Gasteiger partial charge in [0.15, 0.2) is 11.6 Å². The smallest absolute Gasteiger partial charge is 0.183 e. The summed E-state index contributed by atoms with van der Waals surface area (Å²) in [6.07, 6.45) is 0.687. The SMILES string of the molecule is CC1=C(c2cc(O)c(F)c(Cl)c2)C(c2ccc(OCC(C)N3CCC(C)C3)cc2)Oc2ccc(O)cc21. The molecule has 2 aliphatic rings. The van der Waals surface area contributed by atoms with Gasteiger partial charge in [-0.25, -0.2) is 4.39 Å². The summed E-state index contributed by atoms with van der Waals surface area (Å²) >= 11 is 6.08. The van der Waals surface area contributed by atoms with Gasteiger partial charge in [0.2, 0.25) is 0 Å². The number of phenolic OH excluding ortho intramolecular Hbond substituents is 2. The molecule has 0 aromatic heterocycles. The summed E-state index contributed by atoms with van der Waals surface area (Å²) in [5, 5.41) is 20.0. The monoisotopic (exact) mass is 523 g/mol. The minimum Gasteiger partial charge on any atom is -0.508 e. The molecule has 3 aromatic carbocycles. The van der Waals surface area contributed by atoms with Crippen molar-refractivity contribution in [2.24, 2.45) is 5.92 Å². The summed E-state index contributed by atoms with van der Waals surface area (Å²) < 4.78 is 26.6. The average molecular weight is 524 g/mol. The van der Waals surface area contributed by atoms with E-state index in [9.17, 15) is 14.6 Å². The molecule has 0 saturated carbocycles. The second-order valence-corrected chi connectivity index (χ2v) is 10.5. The van der Waals surface area contributed by atoms with Gasteiger partial charge >= 0.3 is 0 Å². The second kappa shape index (κ2) is 10.3. The van der Waals surface area contributed by atoms with E-state index in [1.165, 1.54) is 18.6 Å². The first-order valence-electron chi connectivity index (χ1n) is 12.6. The summed E-state index contributed by atoms with van der Waals surface area (Å²) in [5.41, 5.74) is 3.67. The number of benzene rings is 3. The molecule has 0 spiro atoms. The molecule has 0 amide bonds. The second-order valence-electron chi connectivity index (χ2n) is 10.1. The Morgan fingerprint density at radius 2 is 1.89 bits per heavy atom. The lowest BCUT2D eigenvalue weighted by Gasteiger charge is -2.31. The Kier molecular flexibility index (Phi) is 7.06. The fraction of sp³-hybridized carbons (Fsp3) is 0.333. The summed E-state index contributed by atoms with van der Waals surface area (Å²) in [6.45, 7) is 9.22. The Labute approximate surface area is 221 Å². The van der Waals surface area contributed by atoms with Crippen LogP contribution in [0, 0.1) is 11.7 Å². The van der Waals surface area contributed by atoms with Gasteiger partial charge in [0, 0.05) is 23.7 Å². The molecule has 1 fully saturated rings. The van der Waals surface area contributed by atoms with Crippen LogP contribution in [0.15, 0.2) is 54.6 Å². The van der Waals surface area contributed by atoms with Gasteiger partial charge in [-0.05, 0) is 91.9 Å². The number of ether oxygens (including phenoxy) is 2. The first kappa shape index (κ1) is 25.4. The van der Waals surface area contributed by atoms with Crippen molar-refractivity contribution in [3.8, 4) is 23.0 Å². The molecule has 7 heteroatoms. The number of allylic oxidation sites excluding steroid dienone is 1. The van der Waals surface area contributed by atoms with Crippen molar-refractivity contribution >= 4 is 22.7 Å². The van der Waals surface area contributed by atoms with Crippen molar-refractivity contribution in [2.45, 2.75) is 39.3 Å². The summed E-state index contributed by atoms with van der Waals surface area (Å²) in [4.78, 5) is 2.47. The predicted molar refractivity (Wildman–Crippen MR) is 144 cm³/mol. The molecule has 2 N–H and O–H groups in total. The summed E-state index contributed by atoms with van der Waals surface area (Å²) in [7, 11) is 0. The van der Waals surface area contributed by atoms with Crippen LogP contribution in [-0.2, 0) is 0 Å². The van der Waals surface area contributed by atoms with Gasteiger partial charge in [0.1, 0.15) is 30.0 Å². The van der Waals surface area contributed by atoms with Crippen molar-refractivity contribution in [2.75, 3.05) is 19.7 Å². The standard InChI is InChI=1S/C30H31ClFNO4/c1-17-10-11-33(15-17)18(2)16-36-23-7-4-20(5-8-23)30-28(21-12-25(31)29(32)26(35)13-21)19(3)24-14-22(34)6-9-27(24)37-30/h4-9,12-14,17-18,30,34-35H,10-11,15-16H2,1-3H3. The number of hydrogen-bond acceptors (Lipinski definition) is 5. The van der Waals surface area contributed by atoms with Crippen LogP contribution < -0.4 is 9.47 Å². The highest BCUT2D eigenvalue weighted by Crippen LogP contribution is 2.48. The van der Waals surface area contributed by atoms with E-state index in [4.69, 9.17) is 21.1 Å². The molecule has 3 atom stereocenters. The van der Waals surface area contributed by atoms with Crippen LogP contribution in [0.4, 0.5) is 4.39 Å². The number of halogens is 2. The summed E-state index contributed by atoms with van der Waals surface area (Å²) in [6, 6.07) is 15.9. The summed E-state index contributed by atoms with van der Waals surface area (Å²) in [5.74, 6) is 0.834. The van der Waals surface area contributed by atoms with Crippen LogP contribution in [0.5, 0.6) is 23.0 Å². The molecule has 0 bridgehead atoms. The lowest BCUT2D eigenvalue weighted by atomic mass is 9.86. The van der Waals surface area contributed by atoms with Gasteiger partial charge in [-0.3, -0.25) is 4.90 Å². The average Bonchev–Trinajstić information content (AvgIpc) is 3.32. The lowest BCUT2D eigenvalue weighted by Crippen LogP contribution is -2.35. The Morgan fingerprint density at radius 3 is 2.57 bits per heavy atom. The van der Waals surface area contributed by atoms with Gasteiger partial charge in [0.05, 0.1) is 5.02 Å². The largest absolute Gasteiger partial charge is 0.508 e. The highest BCUT2D eigenvalue weighted by atomic mass is 35.5. The van der Waals surface area contributed by atoms with Crippen molar-refractivity contribution in [3.63, 3.8) is 0 Å². The fourth-order valence-electron chi connectivity index (χ4n) is 5.20. The topological polar surface area (TPSA) is 62.2 Å². The minimum absolute atomic E-state index is 0.110. The molecule has 1 saturated heterocycles. The van der Waals surface area contributed by atoms with E-state index >= 15 is 0 Å². The van der Waals surface area contributed by atoms with Crippen molar-refractivity contribution in [1.29, 1.82) is 0 Å². The van der Waals surface area contributed by atoms with Gasteiger partial charge in [-0.1, -0.05) is 30.7 Å². The zero-order valence-corrected chi connectivity index (χ0v) is 21.9. The van der Waals surface area contributed by atoms with Gasteiger partial charge in [-0.2, -0.15) is 0 Å². The van der Waals surface area contributed by atoms with Crippen LogP contribution in [0.2, 0.25) is 5.02 Å². The molecule has 3 unspecified atom stereocenters. The van der Waals surface area contributed by atoms with Crippen LogP contribution in [0.25, 0.3) is 11.1 Å². The third-order valence-electron chi connectivity index (χ3n) is 7.35. The maximum absolute atomic E-state index is 14.1. The van der Waals surface area contributed by atoms with E-state index in [-0.39, 0.29) is 10.8 Å². The van der Waals surface area contributed by atoms with E-state index < -0.39 is 17.7 Å². The third kappa shape index (κ3) is 5.13. The van der Waals surface area contributed by atoms with Gasteiger partial charge in [-0.15, -0.1) is 0 Å². The van der Waals surface area contributed by atoms with E-state index in [1.54, 1.807) is 18.2 Å². The van der Waals surface area contributed by atoms with Crippen LogP contribution >= 0.6 is 11.6 Å². The van der Waals surface area contributed by atoms with E-state index in [2.05, 4.69) is 18.7 Å². The lowest BCUT2D eigenvalue weighted by molar-refractivity contribution is 0.169. The first-order chi connectivity index (χ1) is 17.7. The zero-order valence-electron chi connectivity index (χ0n) is 21.2. The Bertz CT molecular complexity index is 1320. The molecule has 5 rings (SSSR count). The number of hydrogen-bond donors (Lipinski definition) is 2. The third-order valence-corrected chi connectivity index (χ3v) is 7.63. The van der Waals surface area contributed by atoms with Crippen molar-refractivity contribution in [1.82, 2.24) is 4.90 Å². The molecule has 5 nitrogen and oxygen atoms in total. The predicted octanol–water partition coefficient (Wildman–Crippen LogP) is 7.06. The molecule has 2 heterocycles. The Morgan fingerprint density at radius 1 is 1.14 bits per heavy atom. The zero-order chi connectivity index (χ0) is 26.3. The first-order valence-corrected chi connectivity index (χ1v) is 12.9. The minimum atomic E-state index is -0.867. The molecular weight excluding hydrogens is 493 g/mol. The Hall–Kier alpha value is -3.22. The van der Waals surface area contributed by atoms with E-state index in [1.807, 2.05) is 31.2 Å². The number of fused-ring (bicyclic) bond motifs is 1. The molecule has 3 aromatic rings. The molecule has 194 valence electrons. The van der Waals surface area contributed by atoms with Gasteiger partial charge in [0.25, 0.3) is 0 Å². The van der Waals surface area contributed by atoms with E-state index in [0.717, 1.165) is 47.0 Å². The molecule has 2 aliphatic heterocycles. The molecule has 0 aliphatic carbocycles. The van der Waals surface area contributed by atoms with Crippen molar-refractivity contribution in [3.05, 3.63) is 82.1 Å². The van der Waals surface area contributed by atoms with Crippen LogP contribution in [0.1, 0.15) is 50.0 Å². The number of phenols is 2. The molecule has 0 radical (unpaired) electrons. The number of nitrogens with zero attached hydrogens (tertiary/aromatic N) is 1. The molecule has 37 heavy (non-hydrogen) atoms. The van der Waals surface area contributed by atoms with Crippen molar-refractivity contribution < 1.29 is 24.1 Å². The maximum atomic E-state index is 14.1. The number of likely N-dealkylation sites (tertiary alicyclic amines) is 1. The quantitative estimate of drug-likeness (QED) is 0.362. The Balaban J connectivity index is 1.44. The van der Waals surface area contributed by atoms with Crippen LogP contribution in [-0.4, -0.2) is 40.9 Å². The highest BCUT2D eigenvalue weighted by Gasteiger charge is 2.31. The highest BCUT2D eigenvalue weighted by molar-refractivity contribution is 6.31. The van der Waals surface area contributed by atoms with Crippen LogP contribution in [0.3, 0.4) is 0 Å². The van der Waals surface area contributed by atoms with E-state index in [0.29, 0.717) is 24.0 Å². The van der Waals surface area contributed by atoms with Gasteiger partial charge < -0.3 is 19.7 Å². The normalized spacial score (nSPS) is 20.5. The molecular formula is C30H31ClFNO4. The number of rotatable bonds is 6. The number of aromatic hydroxyl groups is 2. The maximum Gasteiger partial charge on any atom is 0.183 e.